The summed E-state index contributed by atoms with van der Waals surface area (Å²) in [7, 11) is 1.88. The zero-order valence-electron chi connectivity index (χ0n) is 14.1. The Morgan fingerprint density at radius 2 is 2.21 bits per heavy atom. The van der Waals surface area contributed by atoms with Crippen molar-refractivity contribution in [1.82, 2.24) is 4.98 Å². The van der Waals surface area contributed by atoms with Crippen LogP contribution < -0.4 is 15.8 Å². The van der Waals surface area contributed by atoms with E-state index >= 15 is 0 Å². The Hall–Kier alpha value is -2.50. The molecule has 0 fully saturated rings. The molecule has 1 unspecified atom stereocenters. The number of aromatic amines is 1. The summed E-state index contributed by atoms with van der Waals surface area (Å²) in [5, 5.41) is 13.6. The fourth-order valence-corrected chi connectivity index (χ4v) is 3.30. The number of anilines is 2. The van der Waals surface area contributed by atoms with E-state index in [1.54, 1.807) is 0 Å². The zero-order chi connectivity index (χ0) is 17.3. The average Bonchev–Trinajstić information content (AvgIpc) is 2.59. The third-order valence-corrected chi connectivity index (χ3v) is 4.78. The van der Waals surface area contributed by atoms with Crippen LogP contribution in [0, 0.1) is 5.92 Å². The molecule has 0 radical (unpaired) electrons. The van der Waals surface area contributed by atoms with Crippen molar-refractivity contribution >= 4 is 28.2 Å². The molecule has 24 heavy (non-hydrogen) atoms. The van der Waals surface area contributed by atoms with Gasteiger partial charge in [-0.2, -0.15) is 0 Å². The summed E-state index contributed by atoms with van der Waals surface area (Å²) in [6.45, 7) is 3.19. The van der Waals surface area contributed by atoms with Crippen molar-refractivity contribution in [3.63, 3.8) is 0 Å². The third kappa shape index (κ3) is 2.96. The Morgan fingerprint density at radius 3 is 2.92 bits per heavy atom. The van der Waals surface area contributed by atoms with Gasteiger partial charge in [-0.05, 0) is 37.5 Å². The molecule has 1 aliphatic heterocycles. The minimum Gasteiger partial charge on any atom is -0.481 e. The fourth-order valence-electron chi connectivity index (χ4n) is 3.30. The molecule has 6 nitrogen and oxygen atoms in total. The summed E-state index contributed by atoms with van der Waals surface area (Å²) < 4.78 is 0. The summed E-state index contributed by atoms with van der Waals surface area (Å²) in [5.74, 6) is -1.19. The van der Waals surface area contributed by atoms with Crippen LogP contribution in [0.5, 0.6) is 0 Å². The predicted octanol–water partition coefficient (Wildman–Crippen LogP) is 2.43. The second kappa shape index (κ2) is 6.55. The molecule has 0 saturated heterocycles. The number of benzene rings is 1. The van der Waals surface area contributed by atoms with Gasteiger partial charge in [0.2, 0.25) is 0 Å². The lowest BCUT2D eigenvalue weighted by Gasteiger charge is -2.24. The number of aliphatic carboxylic acids is 1. The van der Waals surface area contributed by atoms with Crippen LogP contribution in [0.25, 0.3) is 10.9 Å². The van der Waals surface area contributed by atoms with E-state index in [0.29, 0.717) is 13.0 Å². The van der Waals surface area contributed by atoms with Gasteiger partial charge in [0.25, 0.3) is 5.56 Å². The molecule has 0 spiro atoms. The highest BCUT2D eigenvalue weighted by Gasteiger charge is 2.19. The van der Waals surface area contributed by atoms with Crippen molar-refractivity contribution in [2.45, 2.75) is 26.2 Å². The van der Waals surface area contributed by atoms with Crippen LogP contribution in [-0.2, 0) is 11.2 Å². The van der Waals surface area contributed by atoms with Crippen LogP contribution in [-0.4, -0.2) is 36.2 Å². The molecule has 1 atom stereocenters. The van der Waals surface area contributed by atoms with Gasteiger partial charge < -0.3 is 20.3 Å². The number of hydrogen-bond acceptors (Lipinski definition) is 4. The molecule has 0 bridgehead atoms. The number of carboxylic acid groups (broad SMARTS) is 1. The summed E-state index contributed by atoms with van der Waals surface area (Å²) in [4.78, 5) is 28.4. The van der Waals surface area contributed by atoms with Crippen LogP contribution in [0.3, 0.4) is 0 Å². The number of nitrogens with zero attached hydrogens (tertiary/aromatic N) is 1. The Balaban J connectivity index is 1.97. The van der Waals surface area contributed by atoms with E-state index in [9.17, 15) is 14.7 Å². The predicted molar refractivity (Wildman–Crippen MR) is 96.1 cm³/mol. The van der Waals surface area contributed by atoms with Gasteiger partial charge in [0, 0.05) is 36.8 Å². The Bertz CT molecular complexity index is 828. The first-order chi connectivity index (χ1) is 11.5. The molecule has 0 amide bonds. The van der Waals surface area contributed by atoms with E-state index in [1.807, 2.05) is 37.1 Å². The third-order valence-electron chi connectivity index (χ3n) is 4.78. The monoisotopic (exact) mass is 329 g/mol. The number of aromatic nitrogens is 1. The van der Waals surface area contributed by atoms with Crippen molar-refractivity contribution < 1.29 is 9.90 Å². The molecule has 2 aromatic rings. The van der Waals surface area contributed by atoms with Crippen molar-refractivity contribution in [2.24, 2.45) is 5.92 Å². The quantitative estimate of drug-likeness (QED) is 0.784. The molecule has 3 rings (SSSR count). The first-order valence-electron chi connectivity index (χ1n) is 8.38. The standard InChI is InChI=1S/C18H23N3O3/c1-3-11(18(23)24)10-21(2)12-6-7-13-15(9-12)20-17(22)14-5-4-8-19-16(13)14/h6-7,9,11,19H,3-5,8,10H2,1-2H3,(H,20,22)(H,23,24). The van der Waals surface area contributed by atoms with Crippen molar-refractivity contribution in [1.29, 1.82) is 0 Å². The minimum atomic E-state index is -0.781. The first-order valence-corrected chi connectivity index (χ1v) is 8.38. The molecule has 1 aliphatic rings. The number of hydrogen-bond donors (Lipinski definition) is 3. The van der Waals surface area contributed by atoms with Gasteiger partial charge in [0.1, 0.15) is 0 Å². The smallest absolute Gasteiger partial charge is 0.308 e. The van der Waals surface area contributed by atoms with E-state index in [-0.39, 0.29) is 5.56 Å². The number of H-pyrrole nitrogens is 1. The van der Waals surface area contributed by atoms with Crippen molar-refractivity contribution in [3.8, 4) is 0 Å². The van der Waals surface area contributed by atoms with Crippen molar-refractivity contribution in [3.05, 3.63) is 34.1 Å². The van der Waals surface area contributed by atoms with Gasteiger partial charge in [-0.25, -0.2) is 0 Å². The topological polar surface area (TPSA) is 85.4 Å². The second-order valence-electron chi connectivity index (χ2n) is 6.39. The average molecular weight is 329 g/mol. The maximum Gasteiger partial charge on any atom is 0.308 e. The zero-order valence-corrected chi connectivity index (χ0v) is 14.1. The molecule has 0 aliphatic carbocycles. The molecule has 1 aromatic heterocycles. The van der Waals surface area contributed by atoms with Gasteiger partial charge in [0.15, 0.2) is 0 Å². The molecule has 128 valence electrons. The van der Waals surface area contributed by atoms with Crippen LogP contribution in [0.15, 0.2) is 23.0 Å². The Kier molecular flexibility index (Phi) is 4.46. The molecular formula is C18H23N3O3. The molecule has 3 N–H and O–H groups in total. The fraction of sp³-hybridized carbons (Fsp3) is 0.444. The molecule has 0 saturated carbocycles. The van der Waals surface area contributed by atoms with Crippen LogP contribution >= 0.6 is 0 Å². The number of carbonyl (C=O) groups is 1. The summed E-state index contributed by atoms with van der Waals surface area (Å²) in [5.41, 5.74) is 3.40. The van der Waals surface area contributed by atoms with E-state index in [1.165, 1.54) is 0 Å². The number of rotatable bonds is 5. The second-order valence-corrected chi connectivity index (χ2v) is 6.39. The van der Waals surface area contributed by atoms with Gasteiger partial charge >= 0.3 is 5.97 Å². The SMILES string of the molecule is CCC(CN(C)c1ccc2c3c(c(=O)[nH]c2c1)CCCN3)C(=O)O. The lowest BCUT2D eigenvalue weighted by molar-refractivity contribution is -0.141. The van der Waals surface area contributed by atoms with Crippen LogP contribution in [0.4, 0.5) is 11.4 Å². The highest BCUT2D eigenvalue weighted by molar-refractivity contribution is 5.94. The van der Waals surface area contributed by atoms with Crippen LogP contribution in [0.1, 0.15) is 25.3 Å². The molecule has 6 heteroatoms. The number of carboxylic acids is 1. The summed E-state index contributed by atoms with van der Waals surface area (Å²) in [6.07, 6.45) is 2.35. The maximum absolute atomic E-state index is 12.3. The number of nitrogens with one attached hydrogen (secondary N) is 2. The van der Waals surface area contributed by atoms with Crippen LogP contribution in [0.2, 0.25) is 0 Å². The Morgan fingerprint density at radius 1 is 1.42 bits per heavy atom. The molecule has 2 heterocycles. The number of pyridine rings is 1. The molecular weight excluding hydrogens is 306 g/mol. The highest BCUT2D eigenvalue weighted by atomic mass is 16.4. The Labute approximate surface area is 140 Å². The van der Waals surface area contributed by atoms with Gasteiger partial charge in [0.05, 0.1) is 17.1 Å². The number of fused-ring (bicyclic) bond motifs is 3. The maximum atomic E-state index is 12.3. The highest BCUT2D eigenvalue weighted by Crippen LogP contribution is 2.30. The van der Waals surface area contributed by atoms with E-state index < -0.39 is 11.9 Å². The lowest BCUT2D eigenvalue weighted by atomic mass is 10.0. The summed E-state index contributed by atoms with van der Waals surface area (Å²) >= 11 is 0. The van der Waals surface area contributed by atoms with Gasteiger partial charge in [-0.3, -0.25) is 9.59 Å². The normalized spacial score (nSPS) is 14.8. The lowest BCUT2D eigenvalue weighted by Crippen LogP contribution is -2.30. The van der Waals surface area contributed by atoms with Gasteiger partial charge in [-0.15, -0.1) is 0 Å². The van der Waals surface area contributed by atoms with Gasteiger partial charge in [-0.1, -0.05) is 6.92 Å². The summed E-state index contributed by atoms with van der Waals surface area (Å²) in [6, 6.07) is 5.89. The van der Waals surface area contributed by atoms with E-state index in [2.05, 4.69) is 10.3 Å². The van der Waals surface area contributed by atoms with E-state index in [4.69, 9.17) is 0 Å². The minimum absolute atomic E-state index is 0.0403. The largest absolute Gasteiger partial charge is 0.481 e. The molecule has 1 aromatic carbocycles. The van der Waals surface area contributed by atoms with E-state index in [0.717, 1.165) is 47.2 Å². The van der Waals surface area contributed by atoms with Crippen molar-refractivity contribution in [2.75, 3.05) is 30.4 Å². The first kappa shape index (κ1) is 16.4.